The van der Waals surface area contributed by atoms with Gasteiger partial charge < -0.3 is 16.4 Å². The first-order valence-corrected chi connectivity index (χ1v) is 8.20. The lowest BCUT2D eigenvalue weighted by molar-refractivity contribution is -0.133. The van der Waals surface area contributed by atoms with Gasteiger partial charge in [-0.15, -0.1) is 0 Å². The number of carbonyl (C=O) groups excluding carboxylic acids is 2. The molecule has 108 valence electrons. The summed E-state index contributed by atoms with van der Waals surface area (Å²) in [6.07, 6.45) is 4.83. The molecule has 0 spiro atoms. The molecule has 0 bridgehead atoms. The SMILES string of the molecule is NC(=O)C1(NC(=O)CC2CSCCN2)CCCCC1. The molecule has 0 aromatic carbocycles. The molecular weight excluding hydrogens is 262 g/mol. The first-order valence-electron chi connectivity index (χ1n) is 7.04. The van der Waals surface area contributed by atoms with E-state index in [0.29, 0.717) is 19.3 Å². The standard InChI is InChI=1S/C13H23N3O2S/c14-12(18)13(4-2-1-3-5-13)16-11(17)8-10-9-19-7-6-15-10/h10,15H,1-9H2,(H2,14,18)(H,16,17). The molecule has 1 unspecified atom stereocenters. The van der Waals surface area contributed by atoms with Crippen molar-refractivity contribution in [3.63, 3.8) is 0 Å². The Morgan fingerprint density at radius 1 is 1.32 bits per heavy atom. The minimum absolute atomic E-state index is 0.0549. The number of nitrogens with one attached hydrogen (secondary N) is 2. The van der Waals surface area contributed by atoms with Crippen LogP contribution in [0.1, 0.15) is 38.5 Å². The van der Waals surface area contributed by atoms with Gasteiger partial charge in [-0.2, -0.15) is 11.8 Å². The summed E-state index contributed by atoms with van der Waals surface area (Å²) in [4.78, 5) is 23.8. The van der Waals surface area contributed by atoms with Crippen molar-refractivity contribution < 1.29 is 9.59 Å². The normalized spacial score (nSPS) is 26.6. The van der Waals surface area contributed by atoms with E-state index in [1.807, 2.05) is 11.8 Å². The predicted molar refractivity (Wildman–Crippen MR) is 76.9 cm³/mol. The van der Waals surface area contributed by atoms with E-state index >= 15 is 0 Å². The highest BCUT2D eigenvalue weighted by Crippen LogP contribution is 2.28. The van der Waals surface area contributed by atoms with Gasteiger partial charge in [-0.25, -0.2) is 0 Å². The van der Waals surface area contributed by atoms with E-state index < -0.39 is 5.54 Å². The summed E-state index contributed by atoms with van der Waals surface area (Å²) in [6, 6.07) is 0.215. The zero-order chi connectivity index (χ0) is 13.7. The highest BCUT2D eigenvalue weighted by molar-refractivity contribution is 7.99. The Kier molecular flexibility index (Phi) is 5.10. The second kappa shape index (κ2) is 6.61. The van der Waals surface area contributed by atoms with Crippen molar-refractivity contribution in [2.75, 3.05) is 18.1 Å². The quantitative estimate of drug-likeness (QED) is 0.697. The maximum Gasteiger partial charge on any atom is 0.243 e. The van der Waals surface area contributed by atoms with Crippen LogP contribution in [0, 0.1) is 0 Å². The van der Waals surface area contributed by atoms with E-state index in [-0.39, 0.29) is 17.9 Å². The topological polar surface area (TPSA) is 84.2 Å². The Morgan fingerprint density at radius 3 is 2.63 bits per heavy atom. The molecule has 0 aromatic heterocycles. The largest absolute Gasteiger partial charge is 0.368 e. The van der Waals surface area contributed by atoms with E-state index in [2.05, 4.69) is 10.6 Å². The van der Waals surface area contributed by atoms with E-state index in [4.69, 9.17) is 5.73 Å². The summed E-state index contributed by atoms with van der Waals surface area (Å²) in [7, 11) is 0. The van der Waals surface area contributed by atoms with Gasteiger partial charge in [0.15, 0.2) is 0 Å². The maximum absolute atomic E-state index is 12.1. The van der Waals surface area contributed by atoms with Crippen LogP contribution in [-0.2, 0) is 9.59 Å². The summed E-state index contributed by atoms with van der Waals surface area (Å²) in [5.41, 5.74) is 4.72. The highest BCUT2D eigenvalue weighted by Gasteiger charge is 2.39. The van der Waals surface area contributed by atoms with Gasteiger partial charge in [-0.3, -0.25) is 9.59 Å². The number of amides is 2. The minimum atomic E-state index is -0.795. The van der Waals surface area contributed by atoms with Crippen molar-refractivity contribution in [1.29, 1.82) is 0 Å². The van der Waals surface area contributed by atoms with Crippen LogP contribution < -0.4 is 16.4 Å². The van der Waals surface area contributed by atoms with Crippen molar-refractivity contribution in [1.82, 2.24) is 10.6 Å². The van der Waals surface area contributed by atoms with Crippen molar-refractivity contribution in [3.8, 4) is 0 Å². The summed E-state index contributed by atoms with van der Waals surface area (Å²) in [6.45, 7) is 0.948. The molecule has 2 aliphatic rings. The third kappa shape index (κ3) is 3.86. The monoisotopic (exact) mass is 285 g/mol. The fourth-order valence-corrected chi connectivity index (χ4v) is 3.83. The minimum Gasteiger partial charge on any atom is -0.368 e. The second-order valence-electron chi connectivity index (χ2n) is 5.49. The van der Waals surface area contributed by atoms with Gasteiger partial charge in [0.05, 0.1) is 0 Å². The maximum atomic E-state index is 12.1. The Morgan fingerprint density at radius 2 is 2.05 bits per heavy atom. The fourth-order valence-electron chi connectivity index (χ4n) is 2.88. The van der Waals surface area contributed by atoms with Gasteiger partial charge in [0.2, 0.25) is 11.8 Å². The second-order valence-corrected chi connectivity index (χ2v) is 6.64. The Labute approximate surface area is 118 Å². The highest BCUT2D eigenvalue weighted by atomic mass is 32.2. The molecule has 0 radical (unpaired) electrons. The molecule has 1 atom stereocenters. The van der Waals surface area contributed by atoms with E-state index in [1.165, 1.54) is 0 Å². The number of primary amides is 1. The summed E-state index contributed by atoms with van der Waals surface area (Å²) in [5, 5.41) is 6.25. The number of carbonyl (C=O) groups is 2. The summed E-state index contributed by atoms with van der Waals surface area (Å²) < 4.78 is 0. The average molecular weight is 285 g/mol. The number of rotatable bonds is 4. The Bertz CT molecular complexity index is 337. The molecule has 0 aromatic rings. The number of hydrogen-bond donors (Lipinski definition) is 3. The molecule has 2 amide bonds. The third-order valence-corrected chi connectivity index (χ3v) is 5.12. The Balaban J connectivity index is 1.89. The molecule has 1 aliphatic heterocycles. The molecule has 5 nitrogen and oxygen atoms in total. The van der Waals surface area contributed by atoms with Crippen LogP contribution in [0.5, 0.6) is 0 Å². The van der Waals surface area contributed by atoms with Crippen LogP contribution in [0.3, 0.4) is 0 Å². The van der Waals surface area contributed by atoms with Gasteiger partial charge in [-0.05, 0) is 12.8 Å². The molecular formula is C13H23N3O2S. The van der Waals surface area contributed by atoms with Gasteiger partial charge in [-0.1, -0.05) is 19.3 Å². The number of hydrogen-bond acceptors (Lipinski definition) is 4. The average Bonchev–Trinajstić information content (AvgIpc) is 2.40. The zero-order valence-electron chi connectivity index (χ0n) is 11.2. The Hall–Kier alpha value is -0.750. The van der Waals surface area contributed by atoms with Crippen LogP contribution in [0.25, 0.3) is 0 Å². The lowest BCUT2D eigenvalue weighted by atomic mass is 9.81. The van der Waals surface area contributed by atoms with Crippen LogP contribution in [0.2, 0.25) is 0 Å². The van der Waals surface area contributed by atoms with E-state index in [9.17, 15) is 9.59 Å². The van der Waals surface area contributed by atoms with E-state index in [1.54, 1.807) is 0 Å². The van der Waals surface area contributed by atoms with Gasteiger partial charge in [0, 0.05) is 30.5 Å². The molecule has 1 heterocycles. The van der Waals surface area contributed by atoms with Crippen molar-refractivity contribution in [2.24, 2.45) is 5.73 Å². The molecule has 1 saturated carbocycles. The first-order chi connectivity index (χ1) is 9.12. The molecule has 2 rings (SSSR count). The smallest absolute Gasteiger partial charge is 0.243 e. The van der Waals surface area contributed by atoms with E-state index in [0.717, 1.165) is 37.3 Å². The van der Waals surface area contributed by atoms with Crippen LogP contribution in [0.4, 0.5) is 0 Å². The van der Waals surface area contributed by atoms with Crippen LogP contribution in [0.15, 0.2) is 0 Å². The molecule has 6 heteroatoms. The van der Waals surface area contributed by atoms with Gasteiger partial charge >= 0.3 is 0 Å². The van der Waals surface area contributed by atoms with Crippen LogP contribution >= 0.6 is 11.8 Å². The first kappa shape index (κ1) is 14.7. The summed E-state index contributed by atoms with van der Waals surface area (Å²) in [5.74, 6) is 1.62. The summed E-state index contributed by atoms with van der Waals surface area (Å²) >= 11 is 1.86. The zero-order valence-corrected chi connectivity index (χ0v) is 12.1. The van der Waals surface area contributed by atoms with Crippen molar-refractivity contribution in [2.45, 2.75) is 50.1 Å². The number of thioether (sulfide) groups is 1. The molecule has 1 saturated heterocycles. The lowest BCUT2D eigenvalue weighted by Crippen LogP contribution is -2.59. The molecule has 1 aliphatic carbocycles. The molecule has 2 fully saturated rings. The fraction of sp³-hybridized carbons (Fsp3) is 0.846. The number of nitrogens with two attached hydrogens (primary N) is 1. The van der Waals surface area contributed by atoms with Gasteiger partial charge in [0.25, 0.3) is 0 Å². The lowest BCUT2D eigenvalue weighted by Gasteiger charge is -2.35. The van der Waals surface area contributed by atoms with Crippen molar-refractivity contribution >= 4 is 23.6 Å². The van der Waals surface area contributed by atoms with Crippen LogP contribution in [-0.4, -0.2) is 41.4 Å². The molecule has 4 N–H and O–H groups in total. The van der Waals surface area contributed by atoms with Crippen molar-refractivity contribution in [3.05, 3.63) is 0 Å². The van der Waals surface area contributed by atoms with Gasteiger partial charge in [0.1, 0.15) is 5.54 Å². The molecule has 19 heavy (non-hydrogen) atoms. The predicted octanol–water partition coefficient (Wildman–Crippen LogP) is 0.386. The third-order valence-electron chi connectivity index (χ3n) is 3.99.